The predicted molar refractivity (Wildman–Crippen MR) is 114 cm³/mol. The highest BCUT2D eigenvalue weighted by Gasteiger charge is 2.26. The molecule has 0 spiro atoms. The summed E-state index contributed by atoms with van der Waals surface area (Å²) in [6, 6.07) is 15.7. The fourth-order valence-corrected chi connectivity index (χ4v) is 4.11. The number of imidazole rings is 1. The Morgan fingerprint density at radius 3 is 2.80 bits per heavy atom. The molecule has 2 heterocycles. The predicted octanol–water partition coefficient (Wildman–Crippen LogP) is 3.67. The van der Waals surface area contributed by atoms with Crippen LogP contribution in [0.15, 0.2) is 48.5 Å². The van der Waals surface area contributed by atoms with E-state index in [1.54, 1.807) is 4.90 Å². The number of nitrogens with one attached hydrogen (secondary N) is 2. The summed E-state index contributed by atoms with van der Waals surface area (Å²) in [7, 11) is 0. The van der Waals surface area contributed by atoms with Crippen molar-refractivity contribution >= 4 is 23.0 Å². The van der Waals surface area contributed by atoms with Gasteiger partial charge >= 0.3 is 12.0 Å². The first-order chi connectivity index (χ1) is 14.6. The Labute approximate surface area is 175 Å². The van der Waals surface area contributed by atoms with Crippen LogP contribution in [0.1, 0.15) is 42.1 Å². The molecule has 7 nitrogen and oxygen atoms in total. The van der Waals surface area contributed by atoms with Gasteiger partial charge in [0.25, 0.3) is 0 Å². The molecule has 1 aromatic heterocycles. The van der Waals surface area contributed by atoms with Crippen molar-refractivity contribution in [3.63, 3.8) is 0 Å². The molecule has 3 N–H and O–H groups in total. The average molecular weight is 406 g/mol. The van der Waals surface area contributed by atoms with Crippen LogP contribution in [0.3, 0.4) is 0 Å². The molecule has 7 heteroatoms. The second-order valence-corrected chi connectivity index (χ2v) is 7.74. The molecule has 0 bridgehead atoms. The molecule has 0 fully saturated rings. The van der Waals surface area contributed by atoms with Crippen LogP contribution in [0.25, 0.3) is 11.0 Å². The Kier molecular flexibility index (Phi) is 5.97. The molecule has 3 aromatic rings. The van der Waals surface area contributed by atoms with Crippen LogP contribution in [0.4, 0.5) is 4.79 Å². The Hall–Kier alpha value is -3.35. The third-order valence-corrected chi connectivity index (χ3v) is 5.62. The number of aryl methyl sites for hydroxylation is 1. The monoisotopic (exact) mass is 406 g/mol. The van der Waals surface area contributed by atoms with Crippen LogP contribution in [-0.2, 0) is 17.8 Å². The summed E-state index contributed by atoms with van der Waals surface area (Å²) in [6.45, 7) is 1.61. The van der Waals surface area contributed by atoms with Crippen molar-refractivity contribution in [2.24, 2.45) is 0 Å². The number of hydrogen-bond donors (Lipinski definition) is 3. The SMILES string of the molecule is O=C(O)CC1CCN(C(=O)NCCCc2nc3ccccc3[nH]2)Cc2ccccc21. The number of rotatable bonds is 6. The molecule has 1 aliphatic heterocycles. The van der Waals surface area contributed by atoms with Gasteiger partial charge in [-0.25, -0.2) is 9.78 Å². The third kappa shape index (κ3) is 4.62. The lowest BCUT2D eigenvalue weighted by molar-refractivity contribution is -0.137. The molecule has 0 aliphatic carbocycles. The van der Waals surface area contributed by atoms with Crippen molar-refractivity contribution in [2.45, 2.75) is 38.1 Å². The Bertz CT molecular complexity index is 1010. The van der Waals surface area contributed by atoms with E-state index < -0.39 is 5.97 Å². The summed E-state index contributed by atoms with van der Waals surface area (Å²) in [5.41, 5.74) is 4.05. The van der Waals surface area contributed by atoms with Crippen molar-refractivity contribution < 1.29 is 14.7 Å². The number of carbonyl (C=O) groups excluding carboxylic acids is 1. The van der Waals surface area contributed by atoms with Crippen LogP contribution in [-0.4, -0.2) is 45.1 Å². The molecule has 0 saturated carbocycles. The fraction of sp³-hybridized carbons (Fsp3) is 0.348. The summed E-state index contributed by atoms with van der Waals surface area (Å²) in [5.74, 6) is 0.0496. The van der Waals surface area contributed by atoms with Crippen LogP contribution in [0, 0.1) is 0 Å². The zero-order valence-corrected chi connectivity index (χ0v) is 16.8. The maximum Gasteiger partial charge on any atom is 0.317 e. The van der Waals surface area contributed by atoms with Crippen molar-refractivity contribution in [3.05, 3.63) is 65.5 Å². The van der Waals surface area contributed by atoms with E-state index in [0.717, 1.165) is 40.8 Å². The van der Waals surface area contributed by atoms with E-state index in [1.165, 1.54) is 0 Å². The smallest absolute Gasteiger partial charge is 0.317 e. The maximum atomic E-state index is 12.7. The van der Waals surface area contributed by atoms with Crippen molar-refractivity contribution in [1.82, 2.24) is 20.2 Å². The summed E-state index contributed by atoms with van der Waals surface area (Å²) in [6.07, 6.45) is 2.29. The largest absolute Gasteiger partial charge is 0.481 e. The minimum absolute atomic E-state index is 0.0652. The lowest BCUT2D eigenvalue weighted by Gasteiger charge is -2.21. The Morgan fingerprint density at radius 2 is 1.97 bits per heavy atom. The molecule has 1 atom stereocenters. The van der Waals surface area contributed by atoms with Gasteiger partial charge in [-0.1, -0.05) is 36.4 Å². The zero-order chi connectivity index (χ0) is 20.9. The number of fused-ring (bicyclic) bond motifs is 2. The van der Waals surface area contributed by atoms with Crippen LogP contribution in [0.2, 0.25) is 0 Å². The zero-order valence-electron chi connectivity index (χ0n) is 16.8. The van der Waals surface area contributed by atoms with Gasteiger partial charge in [-0.2, -0.15) is 0 Å². The number of carboxylic acid groups (broad SMARTS) is 1. The first kappa shape index (κ1) is 19.9. The molecular weight excluding hydrogens is 380 g/mol. The number of carboxylic acids is 1. The van der Waals surface area contributed by atoms with E-state index in [9.17, 15) is 14.7 Å². The number of carbonyl (C=O) groups is 2. The highest BCUT2D eigenvalue weighted by atomic mass is 16.4. The van der Waals surface area contributed by atoms with Gasteiger partial charge in [-0.3, -0.25) is 4.79 Å². The van der Waals surface area contributed by atoms with Crippen molar-refractivity contribution in [1.29, 1.82) is 0 Å². The number of aliphatic carboxylic acids is 1. The van der Waals surface area contributed by atoms with Gasteiger partial charge in [0, 0.05) is 26.1 Å². The van der Waals surface area contributed by atoms with E-state index >= 15 is 0 Å². The molecule has 2 aromatic carbocycles. The quantitative estimate of drug-likeness (QED) is 0.544. The van der Waals surface area contributed by atoms with Crippen LogP contribution in [0.5, 0.6) is 0 Å². The Morgan fingerprint density at radius 1 is 1.17 bits per heavy atom. The minimum Gasteiger partial charge on any atom is -0.481 e. The third-order valence-electron chi connectivity index (χ3n) is 5.62. The topological polar surface area (TPSA) is 98.3 Å². The summed E-state index contributed by atoms with van der Waals surface area (Å²) < 4.78 is 0. The van der Waals surface area contributed by atoms with Crippen molar-refractivity contribution in [3.8, 4) is 0 Å². The molecule has 4 rings (SSSR count). The van der Waals surface area contributed by atoms with E-state index in [0.29, 0.717) is 26.1 Å². The van der Waals surface area contributed by atoms with Gasteiger partial charge in [-0.05, 0) is 42.0 Å². The van der Waals surface area contributed by atoms with Crippen LogP contribution < -0.4 is 5.32 Å². The van der Waals surface area contributed by atoms with Gasteiger partial charge in [0.05, 0.1) is 17.5 Å². The van der Waals surface area contributed by atoms with E-state index in [4.69, 9.17) is 0 Å². The number of amides is 2. The average Bonchev–Trinajstić information content (AvgIpc) is 3.07. The second-order valence-electron chi connectivity index (χ2n) is 7.74. The summed E-state index contributed by atoms with van der Waals surface area (Å²) in [5, 5.41) is 12.2. The Balaban J connectivity index is 1.31. The number of benzene rings is 2. The number of hydrogen-bond acceptors (Lipinski definition) is 3. The second kappa shape index (κ2) is 8.98. The lowest BCUT2D eigenvalue weighted by Crippen LogP contribution is -2.40. The molecule has 0 saturated heterocycles. The number of para-hydroxylation sites is 2. The minimum atomic E-state index is -0.807. The van der Waals surface area contributed by atoms with Crippen LogP contribution >= 0.6 is 0 Å². The molecule has 1 aliphatic rings. The van der Waals surface area contributed by atoms with Crippen molar-refractivity contribution in [2.75, 3.05) is 13.1 Å². The number of aromatic amines is 1. The lowest BCUT2D eigenvalue weighted by atomic mass is 9.90. The van der Waals surface area contributed by atoms with Gasteiger partial charge in [0.1, 0.15) is 5.82 Å². The molecule has 0 radical (unpaired) electrons. The van der Waals surface area contributed by atoms with Gasteiger partial charge in [-0.15, -0.1) is 0 Å². The van der Waals surface area contributed by atoms with Gasteiger partial charge in [0.2, 0.25) is 0 Å². The first-order valence-electron chi connectivity index (χ1n) is 10.4. The fourth-order valence-electron chi connectivity index (χ4n) is 4.11. The van der Waals surface area contributed by atoms with E-state index in [-0.39, 0.29) is 18.4 Å². The summed E-state index contributed by atoms with van der Waals surface area (Å²) >= 11 is 0. The number of nitrogens with zero attached hydrogens (tertiary/aromatic N) is 2. The summed E-state index contributed by atoms with van der Waals surface area (Å²) in [4.78, 5) is 33.6. The molecule has 156 valence electrons. The van der Waals surface area contributed by atoms with E-state index in [1.807, 2.05) is 48.5 Å². The standard InChI is InChI=1S/C23H26N4O3/c28-22(29)14-16-11-13-27(15-17-6-1-2-7-18(16)17)23(30)24-12-5-10-21-25-19-8-3-4-9-20(19)26-21/h1-4,6-9,16H,5,10-15H2,(H,24,30)(H,25,26)(H,28,29). The number of aromatic nitrogens is 2. The highest BCUT2D eigenvalue weighted by molar-refractivity contribution is 5.75. The van der Waals surface area contributed by atoms with E-state index in [2.05, 4.69) is 15.3 Å². The van der Waals surface area contributed by atoms with Gasteiger partial charge < -0.3 is 20.3 Å². The normalized spacial score (nSPS) is 16.1. The first-order valence-corrected chi connectivity index (χ1v) is 10.4. The molecule has 1 unspecified atom stereocenters. The molecule has 2 amide bonds. The molecule has 30 heavy (non-hydrogen) atoms. The number of H-pyrrole nitrogens is 1. The highest BCUT2D eigenvalue weighted by Crippen LogP contribution is 2.31. The number of urea groups is 1. The molecular formula is C23H26N4O3. The van der Waals surface area contributed by atoms with Gasteiger partial charge in [0.15, 0.2) is 0 Å². The maximum absolute atomic E-state index is 12.7.